The highest BCUT2D eigenvalue weighted by Crippen LogP contribution is 2.38. The molecule has 0 spiro atoms. The molecule has 24 heavy (non-hydrogen) atoms. The van der Waals surface area contributed by atoms with Crippen LogP contribution in [0.2, 0.25) is 0 Å². The average Bonchev–Trinajstić information content (AvgIpc) is 2.95. The molecular weight excluding hydrogens is 322 g/mol. The minimum absolute atomic E-state index is 0.00511. The lowest BCUT2D eigenvalue weighted by atomic mass is 9.96. The van der Waals surface area contributed by atoms with Gasteiger partial charge >= 0.3 is 6.18 Å². The van der Waals surface area contributed by atoms with Gasteiger partial charge in [-0.3, -0.25) is 4.79 Å². The van der Waals surface area contributed by atoms with Crippen molar-refractivity contribution in [3.05, 3.63) is 58.9 Å². The van der Waals surface area contributed by atoms with Crippen LogP contribution in [0.4, 0.5) is 17.6 Å². The number of hydrogen-bond donors (Lipinski definition) is 0. The summed E-state index contributed by atoms with van der Waals surface area (Å²) < 4.78 is 53.0. The van der Waals surface area contributed by atoms with Crippen LogP contribution < -0.4 is 0 Å². The van der Waals surface area contributed by atoms with Crippen LogP contribution in [0.25, 0.3) is 11.1 Å². The van der Waals surface area contributed by atoms with E-state index >= 15 is 0 Å². The summed E-state index contributed by atoms with van der Waals surface area (Å²) in [7, 11) is 0. The number of rotatable bonds is 2. The summed E-state index contributed by atoms with van der Waals surface area (Å²) in [5.74, 6) is -0.726. The second kappa shape index (κ2) is 5.92. The number of alkyl halides is 3. The summed E-state index contributed by atoms with van der Waals surface area (Å²) in [5, 5.41) is 0. The number of halogens is 4. The number of fused-ring (bicyclic) bond motifs is 1. The zero-order valence-electron chi connectivity index (χ0n) is 13.0. The van der Waals surface area contributed by atoms with Gasteiger partial charge in [0.1, 0.15) is 5.82 Å². The fourth-order valence-corrected chi connectivity index (χ4v) is 2.96. The van der Waals surface area contributed by atoms with Crippen LogP contribution in [-0.4, -0.2) is 10.8 Å². The van der Waals surface area contributed by atoms with Gasteiger partial charge < -0.3 is 4.90 Å². The van der Waals surface area contributed by atoms with E-state index in [1.165, 1.54) is 0 Å². The monoisotopic (exact) mass is 337 g/mol. The molecule has 0 unspecified atom stereocenters. The fraction of sp³-hybridized carbons (Fsp3) is 0.278. The smallest absolute Gasteiger partial charge is 0.334 e. The first-order valence-corrected chi connectivity index (χ1v) is 7.56. The fourth-order valence-electron chi connectivity index (χ4n) is 2.96. The van der Waals surface area contributed by atoms with Crippen LogP contribution in [0, 0.1) is 5.82 Å². The Balaban J connectivity index is 2.02. The Morgan fingerprint density at radius 2 is 1.79 bits per heavy atom. The van der Waals surface area contributed by atoms with Crippen LogP contribution in [0.15, 0.2) is 36.4 Å². The molecule has 0 aromatic heterocycles. The molecule has 0 aliphatic carbocycles. The molecule has 1 heterocycles. The second-order valence-corrected chi connectivity index (χ2v) is 5.77. The van der Waals surface area contributed by atoms with Crippen molar-refractivity contribution in [3.8, 4) is 11.1 Å². The maximum atomic E-state index is 13.5. The standard InChI is InChI=1S/C18H15F4NO/c1-2-17(24)23-9-12-4-3-11(7-13(12)10-23)15-8-14(19)5-6-16(15)18(20,21)22/h3-8H,2,9-10H2,1H3. The highest BCUT2D eigenvalue weighted by Gasteiger charge is 2.34. The molecule has 0 radical (unpaired) electrons. The van der Waals surface area contributed by atoms with E-state index in [2.05, 4.69) is 0 Å². The molecule has 6 heteroatoms. The number of nitrogens with zero attached hydrogens (tertiary/aromatic N) is 1. The van der Waals surface area contributed by atoms with Gasteiger partial charge in [0, 0.05) is 19.5 Å². The quantitative estimate of drug-likeness (QED) is 0.723. The minimum Gasteiger partial charge on any atom is -0.334 e. The van der Waals surface area contributed by atoms with Crippen molar-refractivity contribution in [3.63, 3.8) is 0 Å². The minimum atomic E-state index is -4.56. The molecule has 1 amide bonds. The lowest BCUT2D eigenvalue weighted by Crippen LogP contribution is -2.23. The molecule has 0 fully saturated rings. The normalized spacial score (nSPS) is 14.0. The van der Waals surface area contributed by atoms with E-state index in [1.54, 1.807) is 30.0 Å². The second-order valence-electron chi connectivity index (χ2n) is 5.77. The summed E-state index contributed by atoms with van der Waals surface area (Å²) in [5.41, 5.74) is 0.942. The van der Waals surface area contributed by atoms with Crippen molar-refractivity contribution in [2.24, 2.45) is 0 Å². The molecule has 0 saturated carbocycles. The molecule has 0 saturated heterocycles. The molecular formula is C18H15F4NO. The third kappa shape index (κ3) is 3.00. The summed E-state index contributed by atoms with van der Waals surface area (Å²) in [6.07, 6.45) is -4.19. The van der Waals surface area contributed by atoms with Gasteiger partial charge in [-0.2, -0.15) is 13.2 Å². The predicted molar refractivity (Wildman–Crippen MR) is 81.4 cm³/mol. The highest BCUT2D eigenvalue weighted by molar-refractivity contribution is 5.77. The molecule has 0 bridgehead atoms. The molecule has 0 N–H and O–H groups in total. The third-order valence-electron chi connectivity index (χ3n) is 4.18. The van der Waals surface area contributed by atoms with Gasteiger partial charge in [0.15, 0.2) is 0 Å². The van der Waals surface area contributed by atoms with Gasteiger partial charge in [-0.05, 0) is 46.5 Å². The Hall–Kier alpha value is -2.37. The van der Waals surface area contributed by atoms with Crippen LogP contribution in [-0.2, 0) is 24.1 Å². The van der Waals surface area contributed by atoms with E-state index < -0.39 is 17.6 Å². The van der Waals surface area contributed by atoms with Crippen molar-refractivity contribution >= 4 is 5.91 Å². The third-order valence-corrected chi connectivity index (χ3v) is 4.18. The Bertz CT molecular complexity index is 798. The van der Waals surface area contributed by atoms with Crippen LogP contribution in [0.5, 0.6) is 0 Å². The number of carbonyl (C=O) groups is 1. The Morgan fingerprint density at radius 1 is 1.08 bits per heavy atom. The van der Waals surface area contributed by atoms with Crippen LogP contribution in [0.3, 0.4) is 0 Å². The van der Waals surface area contributed by atoms with Gasteiger partial charge in [0.05, 0.1) is 5.56 Å². The first kappa shape index (κ1) is 16.5. The van der Waals surface area contributed by atoms with Crippen LogP contribution in [0.1, 0.15) is 30.0 Å². The zero-order valence-corrected chi connectivity index (χ0v) is 13.0. The molecule has 3 rings (SSSR count). The maximum absolute atomic E-state index is 13.5. The molecule has 2 aromatic rings. The van der Waals surface area contributed by atoms with Crippen molar-refractivity contribution < 1.29 is 22.4 Å². The summed E-state index contributed by atoms with van der Waals surface area (Å²) in [6.45, 7) is 2.59. The highest BCUT2D eigenvalue weighted by atomic mass is 19.4. The number of hydrogen-bond acceptors (Lipinski definition) is 1. The van der Waals surface area contributed by atoms with E-state index in [0.717, 1.165) is 29.3 Å². The average molecular weight is 337 g/mol. The topological polar surface area (TPSA) is 20.3 Å². The van der Waals surface area contributed by atoms with Crippen LogP contribution >= 0.6 is 0 Å². The van der Waals surface area contributed by atoms with Crippen molar-refractivity contribution in [1.29, 1.82) is 0 Å². The lowest BCUT2D eigenvalue weighted by Gasteiger charge is -2.14. The van der Waals surface area contributed by atoms with Gasteiger partial charge in [-0.15, -0.1) is 0 Å². The van der Waals surface area contributed by atoms with Crippen molar-refractivity contribution in [1.82, 2.24) is 4.90 Å². The van der Waals surface area contributed by atoms with Gasteiger partial charge in [-0.1, -0.05) is 19.1 Å². The number of carbonyl (C=O) groups excluding carboxylic acids is 1. The molecule has 1 aliphatic rings. The first-order valence-electron chi connectivity index (χ1n) is 7.56. The van der Waals surface area contributed by atoms with Gasteiger partial charge in [0.2, 0.25) is 5.91 Å². The molecule has 126 valence electrons. The van der Waals surface area contributed by atoms with Crippen molar-refractivity contribution in [2.45, 2.75) is 32.6 Å². The molecule has 2 nitrogen and oxygen atoms in total. The Kier molecular flexibility index (Phi) is 4.07. The van der Waals surface area contributed by atoms with E-state index in [0.29, 0.717) is 25.1 Å². The summed E-state index contributed by atoms with van der Waals surface area (Å²) in [6, 6.07) is 7.32. The lowest BCUT2D eigenvalue weighted by molar-refractivity contribution is -0.137. The van der Waals surface area contributed by atoms with E-state index in [4.69, 9.17) is 0 Å². The largest absolute Gasteiger partial charge is 0.417 e. The molecule has 1 aliphatic heterocycles. The molecule has 0 atom stereocenters. The summed E-state index contributed by atoms with van der Waals surface area (Å²) >= 11 is 0. The van der Waals surface area contributed by atoms with Crippen molar-refractivity contribution in [2.75, 3.05) is 0 Å². The number of amides is 1. The number of benzene rings is 2. The Morgan fingerprint density at radius 3 is 2.46 bits per heavy atom. The SMILES string of the molecule is CCC(=O)N1Cc2ccc(-c3cc(F)ccc3C(F)(F)F)cc2C1. The van der Waals surface area contributed by atoms with Gasteiger partial charge in [-0.25, -0.2) is 4.39 Å². The summed E-state index contributed by atoms with van der Waals surface area (Å²) in [4.78, 5) is 13.5. The molecule has 2 aromatic carbocycles. The first-order chi connectivity index (χ1) is 11.3. The predicted octanol–water partition coefficient (Wildman–Crippen LogP) is 4.76. The Labute approximate surface area is 136 Å². The van der Waals surface area contributed by atoms with E-state index in [-0.39, 0.29) is 11.5 Å². The van der Waals surface area contributed by atoms with E-state index in [1.807, 2.05) is 0 Å². The zero-order chi connectivity index (χ0) is 17.5. The maximum Gasteiger partial charge on any atom is 0.417 e. The van der Waals surface area contributed by atoms with Gasteiger partial charge in [0.25, 0.3) is 0 Å². The van der Waals surface area contributed by atoms with E-state index in [9.17, 15) is 22.4 Å².